The third-order valence-corrected chi connectivity index (χ3v) is 7.64. The van der Waals surface area contributed by atoms with Crippen molar-refractivity contribution in [2.45, 2.75) is 37.8 Å². The maximum atomic E-state index is 11.6. The highest BCUT2D eigenvalue weighted by Crippen LogP contribution is 2.40. The van der Waals surface area contributed by atoms with E-state index in [1.807, 2.05) is 0 Å². The third-order valence-electron chi connectivity index (χ3n) is 7.25. The molecule has 37 heavy (non-hydrogen) atoms. The Bertz CT molecular complexity index is 1490. The molecule has 2 saturated heterocycles. The van der Waals surface area contributed by atoms with E-state index in [4.69, 9.17) is 11.6 Å². The molecular formula is C24H23ClN10O2. The fourth-order valence-electron chi connectivity index (χ4n) is 5.28. The number of nitrogens with one attached hydrogen (secondary N) is 2. The van der Waals surface area contributed by atoms with Gasteiger partial charge in [-0.05, 0) is 43.7 Å². The first-order chi connectivity index (χ1) is 17.9. The largest absolute Gasteiger partial charge is 0.465 e. The average Bonchev–Trinajstić information content (AvgIpc) is 3.44. The minimum Gasteiger partial charge on any atom is -0.465 e. The van der Waals surface area contributed by atoms with Crippen LogP contribution in [0, 0.1) is 28.6 Å². The molecule has 1 aliphatic carbocycles. The highest BCUT2D eigenvalue weighted by molar-refractivity contribution is 6.36. The maximum Gasteiger partial charge on any atom is 0.407 e. The second kappa shape index (κ2) is 8.98. The highest BCUT2D eigenvalue weighted by Gasteiger charge is 2.41. The summed E-state index contributed by atoms with van der Waals surface area (Å²) in [7, 11) is 0. The zero-order chi connectivity index (χ0) is 25.7. The van der Waals surface area contributed by atoms with Crippen LogP contribution in [0.3, 0.4) is 0 Å². The number of imidazole rings is 1. The molecule has 2 aliphatic heterocycles. The van der Waals surface area contributed by atoms with E-state index in [9.17, 15) is 20.4 Å². The number of carboxylic acid groups (broad SMARTS) is 1. The van der Waals surface area contributed by atoms with Crippen molar-refractivity contribution < 1.29 is 9.90 Å². The van der Waals surface area contributed by atoms with Crippen LogP contribution in [0.1, 0.15) is 36.9 Å². The molecule has 3 fully saturated rings. The van der Waals surface area contributed by atoms with Gasteiger partial charge in [-0.15, -0.1) is 5.10 Å². The van der Waals surface area contributed by atoms with Crippen LogP contribution < -0.4 is 15.5 Å². The molecule has 0 spiro atoms. The summed E-state index contributed by atoms with van der Waals surface area (Å²) in [4.78, 5) is 24.1. The highest BCUT2D eigenvalue weighted by atomic mass is 35.5. The van der Waals surface area contributed by atoms with Gasteiger partial charge in [-0.25, -0.2) is 9.78 Å². The molecule has 1 amide bonds. The van der Waals surface area contributed by atoms with Gasteiger partial charge in [0.15, 0.2) is 17.2 Å². The maximum absolute atomic E-state index is 11.6. The summed E-state index contributed by atoms with van der Waals surface area (Å²) in [6.07, 6.45) is 4.14. The number of fused-ring (bicyclic) bond motifs is 2. The van der Waals surface area contributed by atoms with Gasteiger partial charge < -0.3 is 25.5 Å². The summed E-state index contributed by atoms with van der Waals surface area (Å²) in [5, 5.41) is 40.0. The molecule has 12 nitrogen and oxygen atoms in total. The summed E-state index contributed by atoms with van der Waals surface area (Å²) < 4.78 is 1.43. The van der Waals surface area contributed by atoms with Crippen LogP contribution in [0.2, 0.25) is 5.02 Å². The molecule has 4 heterocycles. The first kappa shape index (κ1) is 23.1. The van der Waals surface area contributed by atoms with Gasteiger partial charge in [0, 0.05) is 31.7 Å². The van der Waals surface area contributed by atoms with E-state index in [-0.39, 0.29) is 23.6 Å². The van der Waals surface area contributed by atoms with E-state index in [0.29, 0.717) is 65.5 Å². The van der Waals surface area contributed by atoms with Crippen molar-refractivity contribution in [3.63, 3.8) is 0 Å². The van der Waals surface area contributed by atoms with E-state index < -0.39 is 6.09 Å². The van der Waals surface area contributed by atoms with Gasteiger partial charge in [0.2, 0.25) is 5.95 Å². The van der Waals surface area contributed by atoms with Gasteiger partial charge in [-0.3, -0.25) is 0 Å². The van der Waals surface area contributed by atoms with Gasteiger partial charge >= 0.3 is 6.09 Å². The fraction of sp³-hybridized carbons (Fsp3) is 0.417. The number of anilines is 4. The van der Waals surface area contributed by atoms with Crippen LogP contribution in [-0.2, 0) is 0 Å². The number of carbonyl (C=O) groups is 1. The number of nitriles is 2. The van der Waals surface area contributed by atoms with Crippen LogP contribution in [0.15, 0.2) is 18.3 Å². The fourth-order valence-corrected chi connectivity index (χ4v) is 5.56. The quantitative estimate of drug-likeness (QED) is 0.456. The number of halogens is 1. The Hall–Kier alpha value is -4.29. The molecule has 13 heteroatoms. The summed E-state index contributed by atoms with van der Waals surface area (Å²) in [5.74, 6) is 0.927. The number of nitrogens with zero attached hydrogens (tertiary/aromatic N) is 8. The van der Waals surface area contributed by atoms with Crippen molar-refractivity contribution in [1.82, 2.24) is 24.5 Å². The monoisotopic (exact) mass is 518 g/mol. The summed E-state index contributed by atoms with van der Waals surface area (Å²) in [5.41, 5.74) is 2.31. The first-order valence-electron chi connectivity index (χ1n) is 12.1. The van der Waals surface area contributed by atoms with E-state index in [1.54, 1.807) is 12.1 Å². The number of amides is 1. The lowest BCUT2D eigenvalue weighted by molar-refractivity contribution is 0.129. The third kappa shape index (κ3) is 4.19. The van der Waals surface area contributed by atoms with Gasteiger partial charge in [0.25, 0.3) is 0 Å². The second-order valence-corrected chi connectivity index (χ2v) is 9.99. The van der Waals surface area contributed by atoms with Crippen LogP contribution >= 0.6 is 11.6 Å². The zero-order valence-electron chi connectivity index (χ0n) is 19.7. The molecule has 1 saturated carbocycles. The number of rotatable bonds is 5. The van der Waals surface area contributed by atoms with Gasteiger partial charge in [-0.2, -0.15) is 20.0 Å². The van der Waals surface area contributed by atoms with Crippen LogP contribution in [0.25, 0.3) is 5.65 Å². The van der Waals surface area contributed by atoms with E-state index in [1.165, 1.54) is 15.6 Å². The summed E-state index contributed by atoms with van der Waals surface area (Å²) in [6.45, 7) is 1.81. The van der Waals surface area contributed by atoms with Crippen LogP contribution in [0.4, 0.5) is 27.9 Å². The van der Waals surface area contributed by atoms with Crippen molar-refractivity contribution >= 4 is 46.5 Å². The number of hydrogen-bond acceptors (Lipinski definition) is 9. The predicted octanol–water partition coefficient (Wildman–Crippen LogP) is 3.42. The Morgan fingerprint density at radius 2 is 2.00 bits per heavy atom. The van der Waals surface area contributed by atoms with Crippen LogP contribution in [0.5, 0.6) is 0 Å². The van der Waals surface area contributed by atoms with Crippen molar-refractivity contribution in [3.8, 4) is 12.1 Å². The van der Waals surface area contributed by atoms with E-state index in [2.05, 4.69) is 42.7 Å². The SMILES string of the molecule is N#Cc1cc(Nc2nc(NC3CC3)c3ncc(C#N)n3n2)c(Cl)c(N2CCC3C(CCN3C(=O)O)C2)c1. The number of hydrogen-bond donors (Lipinski definition) is 3. The lowest BCUT2D eigenvalue weighted by atomic mass is 9.92. The molecule has 188 valence electrons. The van der Waals surface area contributed by atoms with Crippen molar-refractivity contribution in [2.75, 3.05) is 35.2 Å². The molecule has 3 aliphatic rings. The van der Waals surface area contributed by atoms with Crippen molar-refractivity contribution in [2.24, 2.45) is 5.92 Å². The Kier molecular flexibility index (Phi) is 5.61. The average molecular weight is 519 g/mol. The summed E-state index contributed by atoms with van der Waals surface area (Å²) >= 11 is 6.87. The Balaban J connectivity index is 1.33. The zero-order valence-corrected chi connectivity index (χ0v) is 20.5. The Labute approximate surface area is 217 Å². The van der Waals surface area contributed by atoms with Gasteiger partial charge in [0.05, 0.1) is 34.2 Å². The Morgan fingerprint density at radius 1 is 1.16 bits per heavy atom. The molecule has 0 bridgehead atoms. The predicted molar refractivity (Wildman–Crippen MR) is 135 cm³/mol. The van der Waals surface area contributed by atoms with Crippen molar-refractivity contribution in [1.29, 1.82) is 10.5 Å². The number of likely N-dealkylation sites (tertiary alicyclic amines) is 1. The van der Waals surface area contributed by atoms with E-state index in [0.717, 1.165) is 19.3 Å². The molecule has 1 aromatic carbocycles. The number of benzene rings is 1. The molecule has 2 unspecified atom stereocenters. The minimum atomic E-state index is -0.873. The molecule has 2 atom stereocenters. The second-order valence-electron chi connectivity index (χ2n) is 9.61. The van der Waals surface area contributed by atoms with Gasteiger partial charge in [0.1, 0.15) is 6.07 Å². The molecule has 3 N–H and O–H groups in total. The standard InChI is InChI=1S/C24H23ClN10O2/c25-20-17(30-23-31-21(29-15-1-2-15)22-28-11-16(10-27)35(22)32-23)7-13(9-26)8-19(20)33-5-4-18-14(12-33)3-6-34(18)24(36)37/h7-8,11,14-15,18H,1-6,12H2,(H,36,37)(H2,29,30,31,32). The smallest absolute Gasteiger partial charge is 0.407 e. The lowest BCUT2D eigenvalue weighted by Gasteiger charge is -2.39. The molecule has 2 aromatic heterocycles. The number of piperidine rings is 1. The first-order valence-corrected chi connectivity index (χ1v) is 12.5. The van der Waals surface area contributed by atoms with E-state index >= 15 is 0 Å². The molecule has 6 rings (SSSR count). The normalized spacial score (nSPS) is 20.8. The van der Waals surface area contributed by atoms with Crippen molar-refractivity contribution in [3.05, 3.63) is 34.6 Å². The van der Waals surface area contributed by atoms with Gasteiger partial charge in [-0.1, -0.05) is 11.6 Å². The Morgan fingerprint density at radius 3 is 2.73 bits per heavy atom. The lowest BCUT2D eigenvalue weighted by Crippen LogP contribution is -2.47. The summed E-state index contributed by atoms with van der Waals surface area (Å²) in [6, 6.07) is 7.99. The topological polar surface area (TPSA) is 158 Å². The molecule has 0 radical (unpaired) electrons. The molecular weight excluding hydrogens is 496 g/mol. The molecule has 3 aromatic rings. The minimum absolute atomic E-state index is 0.00583. The number of aromatic nitrogens is 4. The van der Waals surface area contributed by atoms with Crippen LogP contribution in [-0.4, -0.2) is 67.4 Å².